The van der Waals surface area contributed by atoms with Crippen LogP contribution in [0.4, 0.5) is 0 Å². The molecule has 1 fully saturated rings. The van der Waals surface area contributed by atoms with E-state index in [-0.39, 0.29) is 35.3 Å². The van der Waals surface area contributed by atoms with Crippen LogP contribution in [0.1, 0.15) is 48.2 Å². The molecule has 41 heavy (non-hydrogen) atoms. The average molecular weight is 580 g/mol. The first kappa shape index (κ1) is 30.3. The molecule has 2 N–H and O–H groups in total. The van der Waals surface area contributed by atoms with Crippen molar-refractivity contribution in [1.29, 1.82) is 0 Å². The number of nitrogens with one attached hydrogen (secondary N) is 1. The molecule has 0 aliphatic heterocycles. The Morgan fingerprint density at radius 3 is 2.66 bits per heavy atom. The van der Waals surface area contributed by atoms with Crippen molar-refractivity contribution in [1.82, 2.24) is 15.2 Å². The summed E-state index contributed by atoms with van der Waals surface area (Å²) in [6.07, 6.45) is 3.76. The summed E-state index contributed by atoms with van der Waals surface area (Å²) in [7, 11) is 5.42. The van der Waals surface area contributed by atoms with Gasteiger partial charge in [-0.1, -0.05) is 30.2 Å². The zero-order chi connectivity index (χ0) is 29.5. The Labute approximate surface area is 246 Å². The molecule has 3 aromatic rings. The van der Waals surface area contributed by atoms with Gasteiger partial charge in [-0.15, -0.1) is 0 Å². The highest BCUT2D eigenvalue weighted by molar-refractivity contribution is 6.32. The third-order valence-electron chi connectivity index (χ3n) is 7.40. The van der Waals surface area contributed by atoms with Crippen molar-refractivity contribution >= 4 is 23.5 Å². The third-order valence-corrected chi connectivity index (χ3v) is 7.71. The number of phenols is 1. The SMILES string of the molecule is COC(=O)C1CCCC(NC(=O)c2ccc(-c3cc(O)ccc3C)c(-c3ccc(Cl)c(OCCCN(C)C)c3)n2)C1. The third kappa shape index (κ3) is 7.77. The van der Waals surface area contributed by atoms with Crippen molar-refractivity contribution in [3.63, 3.8) is 0 Å². The summed E-state index contributed by atoms with van der Waals surface area (Å²) < 4.78 is 10.9. The zero-order valence-corrected chi connectivity index (χ0v) is 24.8. The number of carbonyl (C=O) groups is 2. The molecule has 1 saturated carbocycles. The Morgan fingerprint density at radius 2 is 1.90 bits per heavy atom. The van der Waals surface area contributed by atoms with Crippen LogP contribution in [0.25, 0.3) is 22.4 Å². The summed E-state index contributed by atoms with van der Waals surface area (Å²) in [5.41, 5.74) is 4.07. The van der Waals surface area contributed by atoms with Crippen LogP contribution >= 0.6 is 11.6 Å². The highest BCUT2D eigenvalue weighted by atomic mass is 35.5. The number of pyridine rings is 1. The number of rotatable bonds is 10. The molecule has 1 aromatic heterocycles. The number of carbonyl (C=O) groups excluding carboxylic acids is 2. The lowest BCUT2D eigenvalue weighted by molar-refractivity contribution is -0.146. The second kappa shape index (κ2) is 13.8. The van der Waals surface area contributed by atoms with Crippen LogP contribution in [0.15, 0.2) is 48.5 Å². The second-order valence-electron chi connectivity index (χ2n) is 10.8. The van der Waals surface area contributed by atoms with E-state index < -0.39 is 0 Å². The monoisotopic (exact) mass is 579 g/mol. The molecule has 1 amide bonds. The lowest BCUT2D eigenvalue weighted by atomic mass is 9.85. The van der Waals surface area contributed by atoms with Gasteiger partial charge in [0.15, 0.2) is 0 Å². The normalized spacial score (nSPS) is 16.8. The fourth-order valence-corrected chi connectivity index (χ4v) is 5.38. The number of benzene rings is 2. The van der Waals surface area contributed by atoms with Crippen molar-refractivity contribution in [3.8, 4) is 33.9 Å². The van der Waals surface area contributed by atoms with E-state index in [1.54, 1.807) is 24.3 Å². The minimum atomic E-state index is -0.310. The summed E-state index contributed by atoms with van der Waals surface area (Å²) >= 11 is 6.48. The number of methoxy groups -OCH3 is 1. The molecule has 2 atom stereocenters. The van der Waals surface area contributed by atoms with Crippen LogP contribution in [0.3, 0.4) is 0 Å². The first-order valence-electron chi connectivity index (χ1n) is 13.9. The molecular weight excluding hydrogens is 542 g/mol. The zero-order valence-electron chi connectivity index (χ0n) is 24.1. The number of aryl methyl sites for hydroxylation is 1. The summed E-state index contributed by atoms with van der Waals surface area (Å²) in [4.78, 5) is 32.4. The van der Waals surface area contributed by atoms with Crippen LogP contribution in [-0.4, -0.2) is 67.3 Å². The van der Waals surface area contributed by atoms with E-state index in [4.69, 9.17) is 26.1 Å². The van der Waals surface area contributed by atoms with Crippen molar-refractivity contribution < 1.29 is 24.2 Å². The number of hydrogen-bond donors (Lipinski definition) is 2. The van der Waals surface area contributed by atoms with Crippen LogP contribution in [0, 0.1) is 12.8 Å². The van der Waals surface area contributed by atoms with Crippen LogP contribution in [-0.2, 0) is 9.53 Å². The van der Waals surface area contributed by atoms with E-state index in [2.05, 4.69) is 10.2 Å². The largest absolute Gasteiger partial charge is 0.508 e. The number of aromatic hydroxyl groups is 1. The van der Waals surface area contributed by atoms with Crippen molar-refractivity contribution in [2.24, 2.45) is 5.92 Å². The van der Waals surface area contributed by atoms with E-state index in [9.17, 15) is 14.7 Å². The molecule has 2 aromatic carbocycles. The first-order valence-corrected chi connectivity index (χ1v) is 14.3. The van der Waals surface area contributed by atoms with Gasteiger partial charge >= 0.3 is 5.97 Å². The molecule has 218 valence electrons. The molecular formula is C32H38ClN3O5. The van der Waals surface area contributed by atoms with E-state index in [1.807, 2.05) is 45.3 Å². The average Bonchev–Trinajstić information content (AvgIpc) is 2.96. The minimum Gasteiger partial charge on any atom is -0.508 e. The molecule has 0 radical (unpaired) electrons. The molecule has 1 heterocycles. The molecule has 1 aliphatic carbocycles. The number of halogens is 1. The van der Waals surface area contributed by atoms with Gasteiger partial charge in [-0.3, -0.25) is 9.59 Å². The summed E-state index contributed by atoms with van der Waals surface area (Å²) in [5.74, 6) is -0.0947. The predicted octanol–water partition coefficient (Wildman–Crippen LogP) is 5.88. The van der Waals surface area contributed by atoms with E-state index in [0.29, 0.717) is 29.5 Å². The summed E-state index contributed by atoms with van der Waals surface area (Å²) in [6.45, 7) is 3.35. The van der Waals surface area contributed by atoms with E-state index >= 15 is 0 Å². The number of ether oxygens (including phenoxy) is 2. The summed E-state index contributed by atoms with van der Waals surface area (Å²) in [5, 5.41) is 13.8. The quantitative estimate of drug-likeness (QED) is 0.229. The first-order chi connectivity index (χ1) is 19.7. The summed E-state index contributed by atoms with van der Waals surface area (Å²) in [6, 6.07) is 14.0. The van der Waals surface area contributed by atoms with Crippen LogP contribution in [0.2, 0.25) is 5.02 Å². The Kier molecular flexibility index (Phi) is 10.2. The molecule has 8 nitrogen and oxygen atoms in total. The number of esters is 1. The second-order valence-corrected chi connectivity index (χ2v) is 11.2. The van der Waals surface area contributed by atoms with Gasteiger partial charge in [-0.2, -0.15) is 0 Å². The fraction of sp³-hybridized carbons (Fsp3) is 0.406. The van der Waals surface area contributed by atoms with Gasteiger partial charge in [0.2, 0.25) is 0 Å². The number of nitrogens with zero attached hydrogens (tertiary/aromatic N) is 2. The van der Waals surface area contributed by atoms with Crippen molar-refractivity contribution in [2.45, 2.75) is 45.1 Å². The molecule has 1 aliphatic rings. The Balaban J connectivity index is 1.67. The van der Waals surface area contributed by atoms with Crippen molar-refractivity contribution in [3.05, 3.63) is 64.8 Å². The minimum absolute atomic E-state index is 0.136. The maximum atomic E-state index is 13.4. The van der Waals surface area contributed by atoms with Gasteiger partial charge in [-0.05, 0) is 94.2 Å². The van der Waals surface area contributed by atoms with Crippen LogP contribution < -0.4 is 10.1 Å². The fourth-order valence-electron chi connectivity index (χ4n) is 5.21. The smallest absolute Gasteiger partial charge is 0.308 e. The molecule has 0 spiro atoms. The lowest BCUT2D eigenvalue weighted by Crippen LogP contribution is -2.40. The maximum absolute atomic E-state index is 13.4. The number of phenolic OH excluding ortho intramolecular Hbond substituents is 1. The van der Waals surface area contributed by atoms with Gasteiger partial charge in [0.05, 0.1) is 30.4 Å². The molecule has 0 bridgehead atoms. The number of amides is 1. The van der Waals surface area contributed by atoms with Gasteiger partial charge in [0, 0.05) is 23.7 Å². The Bertz CT molecular complexity index is 1390. The van der Waals surface area contributed by atoms with Gasteiger partial charge in [-0.25, -0.2) is 4.98 Å². The van der Waals surface area contributed by atoms with Gasteiger partial charge < -0.3 is 24.8 Å². The predicted molar refractivity (Wildman–Crippen MR) is 160 cm³/mol. The van der Waals surface area contributed by atoms with E-state index in [0.717, 1.165) is 54.5 Å². The standard InChI is InChI=1S/C32H38ClN3O5/c1-20-9-11-24(37)19-26(20)25-12-14-28(31(38)34-23-8-5-7-22(17-23)32(39)40-4)35-30(25)21-10-13-27(33)29(18-21)41-16-6-15-36(2)3/h9-14,18-19,22-23,37H,5-8,15-17H2,1-4H3,(H,34,38). The molecule has 9 heteroatoms. The maximum Gasteiger partial charge on any atom is 0.308 e. The van der Waals surface area contributed by atoms with E-state index in [1.165, 1.54) is 7.11 Å². The lowest BCUT2D eigenvalue weighted by Gasteiger charge is -2.28. The molecule has 2 unspecified atom stereocenters. The van der Waals surface area contributed by atoms with Gasteiger partial charge in [0.1, 0.15) is 17.2 Å². The van der Waals surface area contributed by atoms with Crippen LogP contribution in [0.5, 0.6) is 11.5 Å². The Hall–Kier alpha value is -3.62. The number of hydrogen-bond acceptors (Lipinski definition) is 7. The molecule has 0 saturated heterocycles. The molecule has 4 rings (SSSR count). The van der Waals surface area contributed by atoms with Crippen molar-refractivity contribution in [2.75, 3.05) is 34.4 Å². The highest BCUT2D eigenvalue weighted by Crippen LogP contribution is 2.37. The van der Waals surface area contributed by atoms with Gasteiger partial charge in [0.25, 0.3) is 5.91 Å². The topological polar surface area (TPSA) is 101 Å². The highest BCUT2D eigenvalue weighted by Gasteiger charge is 2.29. The Morgan fingerprint density at radius 1 is 1.10 bits per heavy atom. The number of aromatic nitrogens is 1.